The van der Waals surface area contributed by atoms with Crippen LogP contribution in [0.15, 0.2) is 29.3 Å². The summed E-state index contributed by atoms with van der Waals surface area (Å²) in [5.41, 5.74) is 2.11. The molecule has 1 amide bonds. The Hall–Kier alpha value is -2.08. The van der Waals surface area contributed by atoms with E-state index in [-0.39, 0.29) is 11.8 Å². The SMILES string of the molecule is CN=C(NCCCCCOC1CCCCC1)NCC1CC(=O)Nc2ccccc21. The van der Waals surface area contributed by atoms with Crippen molar-refractivity contribution < 1.29 is 9.53 Å². The van der Waals surface area contributed by atoms with E-state index in [0.29, 0.717) is 19.1 Å². The van der Waals surface area contributed by atoms with Crippen molar-refractivity contribution >= 4 is 17.6 Å². The lowest BCUT2D eigenvalue weighted by atomic mass is 9.90. The van der Waals surface area contributed by atoms with Gasteiger partial charge in [0.05, 0.1) is 6.10 Å². The molecule has 1 aromatic rings. The van der Waals surface area contributed by atoms with Gasteiger partial charge in [0.1, 0.15) is 0 Å². The highest BCUT2D eigenvalue weighted by molar-refractivity contribution is 5.94. The minimum absolute atomic E-state index is 0.0777. The van der Waals surface area contributed by atoms with Gasteiger partial charge in [0.25, 0.3) is 0 Å². The second-order valence-electron chi connectivity index (χ2n) is 8.11. The van der Waals surface area contributed by atoms with E-state index in [1.54, 1.807) is 7.05 Å². The van der Waals surface area contributed by atoms with Crippen LogP contribution in [0.5, 0.6) is 0 Å². The van der Waals surface area contributed by atoms with Gasteiger partial charge in [-0.15, -0.1) is 0 Å². The average molecular weight is 401 g/mol. The summed E-state index contributed by atoms with van der Waals surface area (Å²) in [7, 11) is 1.79. The third kappa shape index (κ3) is 7.03. The molecule has 0 aromatic heterocycles. The average Bonchev–Trinajstić information content (AvgIpc) is 2.75. The second-order valence-corrected chi connectivity index (χ2v) is 8.11. The van der Waals surface area contributed by atoms with Crippen molar-refractivity contribution in [1.82, 2.24) is 10.6 Å². The Morgan fingerprint density at radius 1 is 1.14 bits per heavy atom. The molecule has 29 heavy (non-hydrogen) atoms. The van der Waals surface area contributed by atoms with Gasteiger partial charge in [0, 0.05) is 44.8 Å². The van der Waals surface area contributed by atoms with Gasteiger partial charge >= 0.3 is 0 Å². The van der Waals surface area contributed by atoms with Crippen LogP contribution >= 0.6 is 0 Å². The predicted octanol–water partition coefficient (Wildman–Crippen LogP) is 3.80. The fourth-order valence-electron chi connectivity index (χ4n) is 4.22. The molecule has 1 unspecified atom stereocenters. The first-order valence-electron chi connectivity index (χ1n) is 11.2. The van der Waals surface area contributed by atoms with Gasteiger partial charge < -0.3 is 20.7 Å². The molecule has 0 bridgehead atoms. The molecule has 1 aliphatic carbocycles. The summed E-state index contributed by atoms with van der Waals surface area (Å²) in [6.07, 6.45) is 10.9. The predicted molar refractivity (Wildman–Crippen MR) is 118 cm³/mol. The van der Waals surface area contributed by atoms with Crippen molar-refractivity contribution in [3.05, 3.63) is 29.8 Å². The lowest BCUT2D eigenvalue weighted by Crippen LogP contribution is -2.41. The first-order chi connectivity index (χ1) is 14.3. The number of nitrogens with zero attached hydrogens (tertiary/aromatic N) is 1. The number of benzene rings is 1. The fraction of sp³-hybridized carbons (Fsp3) is 0.652. The molecule has 1 heterocycles. The Morgan fingerprint density at radius 2 is 1.97 bits per heavy atom. The van der Waals surface area contributed by atoms with Crippen LogP contribution in [-0.2, 0) is 9.53 Å². The summed E-state index contributed by atoms with van der Waals surface area (Å²) < 4.78 is 5.99. The Labute approximate surface area is 174 Å². The van der Waals surface area contributed by atoms with Crippen LogP contribution in [-0.4, -0.2) is 44.7 Å². The molecule has 1 fully saturated rings. The topological polar surface area (TPSA) is 74.8 Å². The molecule has 0 spiro atoms. The van der Waals surface area contributed by atoms with Crippen molar-refractivity contribution in [2.24, 2.45) is 4.99 Å². The highest BCUT2D eigenvalue weighted by Gasteiger charge is 2.24. The molecule has 1 atom stereocenters. The summed E-state index contributed by atoms with van der Waals surface area (Å²) in [6.45, 7) is 2.48. The van der Waals surface area contributed by atoms with Gasteiger partial charge in [-0.25, -0.2) is 0 Å². The number of anilines is 1. The lowest BCUT2D eigenvalue weighted by Gasteiger charge is -2.26. The minimum Gasteiger partial charge on any atom is -0.378 e. The molecule has 3 rings (SSSR count). The summed E-state index contributed by atoms with van der Waals surface area (Å²) in [6, 6.07) is 8.03. The maximum atomic E-state index is 12.0. The van der Waals surface area contributed by atoms with Gasteiger partial charge in [-0.2, -0.15) is 0 Å². The van der Waals surface area contributed by atoms with E-state index in [1.165, 1.54) is 37.7 Å². The number of rotatable bonds is 9. The monoisotopic (exact) mass is 400 g/mol. The Morgan fingerprint density at radius 3 is 2.79 bits per heavy atom. The normalized spacial score (nSPS) is 20.1. The van der Waals surface area contributed by atoms with Gasteiger partial charge in [0.15, 0.2) is 5.96 Å². The molecule has 1 aliphatic heterocycles. The zero-order chi connectivity index (χ0) is 20.3. The van der Waals surface area contributed by atoms with Gasteiger partial charge in [-0.1, -0.05) is 37.5 Å². The molecule has 3 N–H and O–H groups in total. The number of fused-ring (bicyclic) bond motifs is 1. The van der Waals surface area contributed by atoms with E-state index < -0.39 is 0 Å². The van der Waals surface area contributed by atoms with E-state index in [0.717, 1.165) is 44.1 Å². The number of guanidine groups is 1. The molecule has 1 saturated carbocycles. The quantitative estimate of drug-likeness (QED) is 0.335. The van der Waals surface area contributed by atoms with E-state index in [4.69, 9.17) is 4.74 Å². The van der Waals surface area contributed by atoms with Crippen molar-refractivity contribution in [3.63, 3.8) is 0 Å². The summed E-state index contributed by atoms with van der Waals surface area (Å²) in [5.74, 6) is 1.04. The lowest BCUT2D eigenvalue weighted by molar-refractivity contribution is -0.116. The van der Waals surface area contributed by atoms with Crippen molar-refractivity contribution in [2.45, 2.75) is 69.8 Å². The molecule has 6 nitrogen and oxygen atoms in total. The van der Waals surface area contributed by atoms with Crippen LogP contribution in [0.1, 0.15) is 69.3 Å². The first kappa shape index (κ1) is 21.6. The Balaban J connectivity index is 1.29. The molecular formula is C23H36N4O2. The van der Waals surface area contributed by atoms with Crippen LogP contribution in [0.2, 0.25) is 0 Å². The van der Waals surface area contributed by atoms with Gasteiger partial charge in [-0.05, 0) is 43.7 Å². The van der Waals surface area contributed by atoms with E-state index in [1.807, 2.05) is 18.2 Å². The third-order valence-corrected chi connectivity index (χ3v) is 5.87. The number of hydrogen-bond acceptors (Lipinski definition) is 3. The summed E-state index contributed by atoms with van der Waals surface area (Å²) >= 11 is 0. The number of unbranched alkanes of at least 4 members (excludes halogenated alkanes) is 2. The van der Waals surface area contributed by atoms with Gasteiger partial charge in [0.2, 0.25) is 5.91 Å². The van der Waals surface area contributed by atoms with E-state index in [2.05, 4.69) is 27.0 Å². The van der Waals surface area contributed by atoms with Crippen LogP contribution in [0.3, 0.4) is 0 Å². The van der Waals surface area contributed by atoms with E-state index in [9.17, 15) is 4.79 Å². The number of carbonyl (C=O) groups is 1. The van der Waals surface area contributed by atoms with Crippen molar-refractivity contribution in [3.8, 4) is 0 Å². The number of aliphatic imine (C=N–C) groups is 1. The maximum Gasteiger partial charge on any atom is 0.225 e. The standard InChI is InChI=1S/C23H36N4O2/c1-24-23(25-14-8-3-9-15-29-19-10-4-2-5-11-19)26-17-18-16-22(28)27-21-13-7-6-12-20(18)21/h6-7,12-13,18-19H,2-5,8-11,14-17H2,1H3,(H,27,28)(H2,24,25,26). The number of para-hydroxylation sites is 1. The number of nitrogens with one attached hydrogen (secondary N) is 3. The second kappa shape index (κ2) is 11.8. The molecule has 0 saturated heterocycles. The number of hydrogen-bond donors (Lipinski definition) is 3. The number of carbonyl (C=O) groups excluding carboxylic acids is 1. The number of amides is 1. The van der Waals surface area contributed by atoms with Crippen LogP contribution < -0.4 is 16.0 Å². The molecule has 1 aromatic carbocycles. The van der Waals surface area contributed by atoms with Crippen molar-refractivity contribution in [2.75, 3.05) is 32.1 Å². The van der Waals surface area contributed by atoms with Crippen LogP contribution in [0, 0.1) is 0 Å². The van der Waals surface area contributed by atoms with E-state index >= 15 is 0 Å². The summed E-state index contributed by atoms with van der Waals surface area (Å²) in [5, 5.41) is 9.71. The minimum atomic E-state index is 0.0777. The first-order valence-corrected chi connectivity index (χ1v) is 11.2. The molecular weight excluding hydrogens is 364 g/mol. The highest BCUT2D eigenvalue weighted by atomic mass is 16.5. The summed E-state index contributed by atoms with van der Waals surface area (Å²) in [4.78, 5) is 16.3. The molecule has 160 valence electrons. The highest BCUT2D eigenvalue weighted by Crippen LogP contribution is 2.31. The Kier molecular flexibility index (Phi) is 8.81. The molecule has 0 radical (unpaired) electrons. The maximum absolute atomic E-state index is 12.0. The van der Waals surface area contributed by atoms with Gasteiger partial charge in [-0.3, -0.25) is 9.79 Å². The Bertz CT molecular complexity index is 671. The zero-order valence-corrected chi connectivity index (χ0v) is 17.7. The largest absolute Gasteiger partial charge is 0.378 e. The van der Waals surface area contributed by atoms with Crippen LogP contribution in [0.25, 0.3) is 0 Å². The van der Waals surface area contributed by atoms with Crippen molar-refractivity contribution in [1.29, 1.82) is 0 Å². The smallest absolute Gasteiger partial charge is 0.225 e. The molecule has 2 aliphatic rings. The number of ether oxygens (including phenoxy) is 1. The fourth-order valence-corrected chi connectivity index (χ4v) is 4.22. The molecule has 6 heteroatoms. The zero-order valence-electron chi connectivity index (χ0n) is 17.7. The third-order valence-electron chi connectivity index (χ3n) is 5.87. The van der Waals surface area contributed by atoms with Crippen LogP contribution in [0.4, 0.5) is 5.69 Å².